The quantitative estimate of drug-likeness (QED) is 0.616. The molecule has 0 fully saturated rings. The lowest BCUT2D eigenvalue weighted by Gasteiger charge is -2.23. The standard InChI is InChI=1S/C7H15NO2/c1-3-7(4-2,5-8)6(9)10/h3-5,8H2,1-2H3,(H,9,10). The lowest BCUT2D eigenvalue weighted by molar-refractivity contribution is -0.148. The zero-order chi connectivity index (χ0) is 8.20. The number of carboxylic acids is 1. The van der Waals surface area contributed by atoms with Gasteiger partial charge in [0.2, 0.25) is 0 Å². The van der Waals surface area contributed by atoms with Crippen LogP contribution in [0, 0.1) is 5.41 Å². The second kappa shape index (κ2) is 3.56. The number of carbonyl (C=O) groups is 1. The fourth-order valence-corrected chi connectivity index (χ4v) is 0.928. The molecular weight excluding hydrogens is 130 g/mol. The SMILES string of the molecule is CCC(CC)(CN)C(=O)O. The van der Waals surface area contributed by atoms with Gasteiger partial charge in [-0.3, -0.25) is 4.79 Å². The largest absolute Gasteiger partial charge is 0.481 e. The van der Waals surface area contributed by atoms with E-state index in [1.165, 1.54) is 0 Å². The maximum absolute atomic E-state index is 10.6. The zero-order valence-electron chi connectivity index (χ0n) is 6.55. The molecule has 3 heteroatoms. The Bertz CT molecular complexity index is 111. The molecule has 0 spiro atoms. The second-order valence-corrected chi connectivity index (χ2v) is 2.50. The molecular formula is C7H15NO2. The van der Waals surface area contributed by atoms with Crippen LogP contribution in [0.3, 0.4) is 0 Å². The van der Waals surface area contributed by atoms with Gasteiger partial charge in [-0.2, -0.15) is 0 Å². The van der Waals surface area contributed by atoms with Crippen molar-refractivity contribution in [3.05, 3.63) is 0 Å². The second-order valence-electron chi connectivity index (χ2n) is 2.50. The summed E-state index contributed by atoms with van der Waals surface area (Å²) in [6.45, 7) is 3.93. The predicted octanol–water partition coefficient (Wildman–Crippen LogP) is 0.836. The Morgan fingerprint density at radius 1 is 1.50 bits per heavy atom. The van der Waals surface area contributed by atoms with Crippen LogP contribution in [0.25, 0.3) is 0 Å². The van der Waals surface area contributed by atoms with Gasteiger partial charge < -0.3 is 10.8 Å². The molecule has 0 aromatic rings. The summed E-state index contributed by atoms with van der Waals surface area (Å²) in [5.41, 5.74) is 4.67. The molecule has 0 saturated carbocycles. The lowest BCUT2D eigenvalue weighted by Crippen LogP contribution is -2.37. The number of aliphatic carboxylic acids is 1. The average Bonchev–Trinajstić information content (AvgIpc) is 1.92. The third kappa shape index (κ3) is 1.48. The molecule has 0 bridgehead atoms. The van der Waals surface area contributed by atoms with Gasteiger partial charge in [0.05, 0.1) is 5.41 Å². The molecule has 0 aliphatic heterocycles. The van der Waals surface area contributed by atoms with Crippen LogP contribution in [0.5, 0.6) is 0 Å². The molecule has 0 radical (unpaired) electrons. The zero-order valence-corrected chi connectivity index (χ0v) is 6.55. The third-order valence-corrected chi connectivity index (χ3v) is 2.20. The summed E-state index contributed by atoms with van der Waals surface area (Å²) >= 11 is 0. The molecule has 0 aromatic heterocycles. The fraction of sp³-hybridized carbons (Fsp3) is 0.857. The van der Waals surface area contributed by atoms with E-state index in [1.807, 2.05) is 13.8 Å². The van der Waals surface area contributed by atoms with Gasteiger partial charge in [-0.05, 0) is 12.8 Å². The number of nitrogens with two attached hydrogens (primary N) is 1. The topological polar surface area (TPSA) is 63.3 Å². The Morgan fingerprint density at radius 2 is 1.90 bits per heavy atom. The Balaban J connectivity index is 4.31. The van der Waals surface area contributed by atoms with Crippen LogP contribution in [-0.4, -0.2) is 17.6 Å². The maximum Gasteiger partial charge on any atom is 0.310 e. The Kier molecular flexibility index (Phi) is 3.36. The van der Waals surface area contributed by atoms with Crippen LogP contribution >= 0.6 is 0 Å². The highest BCUT2D eigenvalue weighted by Gasteiger charge is 2.32. The van der Waals surface area contributed by atoms with Gasteiger partial charge in [0.25, 0.3) is 0 Å². The van der Waals surface area contributed by atoms with Gasteiger partial charge in [-0.15, -0.1) is 0 Å². The number of rotatable bonds is 4. The summed E-state index contributed by atoms with van der Waals surface area (Å²) in [4.78, 5) is 10.6. The summed E-state index contributed by atoms with van der Waals surface area (Å²) in [5.74, 6) is -0.778. The van der Waals surface area contributed by atoms with Crippen molar-refractivity contribution >= 4 is 5.97 Å². The van der Waals surface area contributed by atoms with Crippen molar-refractivity contribution in [3.8, 4) is 0 Å². The van der Waals surface area contributed by atoms with Crippen molar-refractivity contribution in [2.75, 3.05) is 6.54 Å². The summed E-state index contributed by atoms with van der Waals surface area (Å²) in [6, 6.07) is 0. The molecule has 0 saturated heterocycles. The number of hydrogen-bond acceptors (Lipinski definition) is 2. The first-order chi connectivity index (χ1) is 4.63. The molecule has 0 aliphatic carbocycles. The van der Waals surface area contributed by atoms with Crippen molar-refractivity contribution in [1.82, 2.24) is 0 Å². The summed E-state index contributed by atoms with van der Waals surface area (Å²) in [6.07, 6.45) is 1.21. The van der Waals surface area contributed by atoms with Crippen LogP contribution in [0.4, 0.5) is 0 Å². The minimum atomic E-state index is -0.778. The molecule has 0 rings (SSSR count). The first kappa shape index (κ1) is 9.43. The first-order valence-electron chi connectivity index (χ1n) is 3.56. The predicted molar refractivity (Wildman–Crippen MR) is 39.7 cm³/mol. The average molecular weight is 145 g/mol. The molecule has 10 heavy (non-hydrogen) atoms. The summed E-state index contributed by atoms with van der Waals surface area (Å²) < 4.78 is 0. The highest BCUT2D eigenvalue weighted by Crippen LogP contribution is 2.24. The van der Waals surface area contributed by atoms with Crippen molar-refractivity contribution in [1.29, 1.82) is 0 Å². The van der Waals surface area contributed by atoms with Crippen LogP contribution in [0.2, 0.25) is 0 Å². The van der Waals surface area contributed by atoms with E-state index in [9.17, 15) is 4.79 Å². The van der Waals surface area contributed by atoms with E-state index in [0.717, 1.165) is 0 Å². The highest BCUT2D eigenvalue weighted by atomic mass is 16.4. The Morgan fingerprint density at radius 3 is 1.90 bits per heavy atom. The summed E-state index contributed by atoms with van der Waals surface area (Å²) in [5, 5.41) is 8.74. The van der Waals surface area contributed by atoms with Crippen LogP contribution in [-0.2, 0) is 4.79 Å². The molecule has 0 aromatic carbocycles. The van der Waals surface area contributed by atoms with Crippen LogP contribution in [0.15, 0.2) is 0 Å². The smallest absolute Gasteiger partial charge is 0.310 e. The minimum Gasteiger partial charge on any atom is -0.481 e. The third-order valence-electron chi connectivity index (χ3n) is 2.20. The van der Waals surface area contributed by atoms with Crippen molar-refractivity contribution < 1.29 is 9.90 Å². The van der Waals surface area contributed by atoms with Crippen molar-refractivity contribution in [2.45, 2.75) is 26.7 Å². The van der Waals surface area contributed by atoms with Gasteiger partial charge >= 0.3 is 5.97 Å². The Labute approximate surface area is 61.2 Å². The molecule has 0 atom stereocenters. The van der Waals surface area contributed by atoms with E-state index < -0.39 is 11.4 Å². The van der Waals surface area contributed by atoms with E-state index >= 15 is 0 Å². The normalized spacial score (nSPS) is 11.5. The molecule has 0 heterocycles. The van der Waals surface area contributed by atoms with E-state index in [2.05, 4.69) is 0 Å². The molecule has 3 nitrogen and oxygen atoms in total. The highest BCUT2D eigenvalue weighted by molar-refractivity contribution is 5.74. The van der Waals surface area contributed by atoms with E-state index in [4.69, 9.17) is 10.8 Å². The molecule has 60 valence electrons. The van der Waals surface area contributed by atoms with Crippen LogP contribution in [0.1, 0.15) is 26.7 Å². The number of carboxylic acid groups (broad SMARTS) is 1. The van der Waals surface area contributed by atoms with Gasteiger partial charge in [-0.25, -0.2) is 0 Å². The fourth-order valence-electron chi connectivity index (χ4n) is 0.928. The molecule has 0 aliphatic rings. The van der Waals surface area contributed by atoms with Crippen molar-refractivity contribution in [2.24, 2.45) is 11.1 Å². The minimum absolute atomic E-state index is 0.231. The number of hydrogen-bond donors (Lipinski definition) is 2. The van der Waals surface area contributed by atoms with Crippen molar-refractivity contribution in [3.63, 3.8) is 0 Å². The van der Waals surface area contributed by atoms with Gasteiger partial charge in [0, 0.05) is 6.54 Å². The van der Waals surface area contributed by atoms with Gasteiger partial charge in [0.1, 0.15) is 0 Å². The molecule has 0 unspecified atom stereocenters. The van der Waals surface area contributed by atoms with Gasteiger partial charge in [0.15, 0.2) is 0 Å². The van der Waals surface area contributed by atoms with Crippen LogP contribution < -0.4 is 5.73 Å². The van der Waals surface area contributed by atoms with E-state index in [1.54, 1.807) is 0 Å². The first-order valence-corrected chi connectivity index (χ1v) is 3.56. The summed E-state index contributed by atoms with van der Waals surface area (Å²) in [7, 11) is 0. The Hall–Kier alpha value is -0.570. The monoisotopic (exact) mass is 145 g/mol. The molecule has 0 amide bonds. The van der Waals surface area contributed by atoms with Gasteiger partial charge in [-0.1, -0.05) is 13.8 Å². The lowest BCUT2D eigenvalue weighted by atomic mass is 9.83. The van der Waals surface area contributed by atoms with E-state index in [0.29, 0.717) is 12.8 Å². The molecule has 3 N–H and O–H groups in total. The maximum atomic E-state index is 10.6. The van der Waals surface area contributed by atoms with E-state index in [-0.39, 0.29) is 6.54 Å².